The van der Waals surface area contributed by atoms with Crippen LogP contribution < -0.4 is 16.0 Å². The summed E-state index contributed by atoms with van der Waals surface area (Å²) < 4.78 is 24.4. The van der Waals surface area contributed by atoms with Crippen molar-refractivity contribution in [2.45, 2.75) is 24.3 Å². The first-order chi connectivity index (χ1) is 18.2. The summed E-state index contributed by atoms with van der Waals surface area (Å²) >= 11 is 0. The van der Waals surface area contributed by atoms with Gasteiger partial charge in [0.1, 0.15) is 6.04 Å². The Bertz CT molecular complexity index is 1520. The number of nitrogens with one attached hydrogen (secondary N) is 3. The van der Waals surface area contributed by atoms with Crippen LogP contribution in [0.1, 0.15) is 11.1 Å². The monoisotopic (exact) mass is 527 g/mol. The number of rotatable bonds is 8. The van der Waals surface area contributed by atoms with Gasteiger partial charge in [-0.05, 0) is 48.4 Å². The summed E-state index contributed by atoms with van der Waals surface area (Å²) in [7, 11) is -3.40. The molecule has 0 spiro atoms. The molecule has 4 rings (SSSR count). The van der Waals surface area contributed by atoms with Gasteiger partial charge in [-0.1, -0.05) is 78.4 Å². The molecule has 3 N–H and O–H groups in total. The summed E-state index contributed by atoms with van der Waals surface area (Å²) in [6.45, 7) is 1.96. The van der Waals surface area contributed by atoms with E-state index in [0.717, 1.165) is 11.1 Å². The van der Waals surface area contributed by atoms with Crippen LogP contribution >= 0.6 is 0 Å². The average Bonchev–Trinajstić information content (AvgIpc) is 2.90. The summed E-state index contributed by atoms with van der Waals surface area (Å²) in [5, 5.41) is 8.41. The van der Waals surface area contributed by atoms with Crippen LogP contribution in [-0.4, -0.2) is 32.7 Å². The maximum atomic E-state index is 13.3. The van der Waals surface area contributed by atoms with Gasteiger partial charge in [-0.3, -0.25) is 4.79 Å². The Labute approximate surface area is 222 Å². The SMILES string of the molecule is Cc1ccc(NC(=O)N[C@@H](Cc2ccccc2)C(=O)Nc2ccc(-c3ccccc3S(C)(=O)=O)cc2)cc1. The van der Waals surface area contributed by atoms with Gasteiger partial charge in [-0.2, -0.15) is 0 Å². The number of hydrogen-bond acceptors (Lipinski definition) is 4. The van der Waals surface area contributed by atoms with E-state index < -0.39 is 21.9 Å². The number of aryl methyl sites for hydroxylation is 1. The highest BCUT2D eigenvalue weighted by atomic mass is 32.2. The van der Waals surface area contributed by atoms with Crippen LogP contribution in [-0.2, 0) is 21.1 Å². The molecule has 0 aliphatic carbocycles. The lowest BCUT2D eigenvalue weighted by atomic mass is 10.0. The summed E-state index contributed by atoms with van der Waals surface area (Å²) in [5.41, 5.74) is 4.41. The fourth-order valence-electron chi connectivity index (χ4n) is 4.01. The first-order valence-corrected chi connectivity index (χ1v) is 14.0. The Kier molecular flexibility index (Phi) is 8.23. The van der Waals surface area contributed by atoms with Gasteiger partial charge in [0.2, 0.25) is 5.91 Å². The molecule has 0 aliphatic heterocycles. The third-order valence-electron chi connectivity index (χ3n) is 5.96. The largest absolute Gasteiger partial charge is 0.326 e. The Morgan fingerprint density at radius 1 is 0.737 bits per heavy atom. The zero-order chi connectivity index (χ0) is 27.1. The third-order valence-corrected chi connectivity index (χ3v) is 7.12. The molecule has 0 aliphatic rings. The smallest absolute Gasteiger partial charge is 0.319 e. The van der Waals surface area contributed by atoms with Gasteiger partial charge in [-0.15, -0.1) is 0 Å². The standard InChI is InChI=1S/C30H29N3O4S/c1-21-12-16-25(17-13-21)32-30(35)33-27(20-22-8-4-3-5-9-22)29(34)31-24-18-14-23(15-19-24)26-10-6-7-11-28(26)38(2,36)37/h3-19,27H,20H2,1-2H3,(H,31,34)(H2,32,33,35)/t27-/m0/s1. The van der Waals surface area contributed by atoms with Crippen LogP contribution in [0.5, 0.6) is 0 Å². The summed E-state index contributed by atoms with van der Waals surface area (Å²) in [6, 6.07) is 29.2. The van der Waals surface area contributed by atoms with Crippen LogP contribution in [0, 0.1) is 6.92 Å². The van der Waals surface area contributed by atoms with Crippen molar-refractivity contribution in [2.75, 3.05) is 16.9 Å². The number of anilines is 2. The molecule has 0 unspecified atom stereocenters. The minimum atomic E-state index is -3.40. The van der Waals surface area contributed by atoms with Gasteiger partial charge in [0.05, 0.1) is 4.90 Å². The Balaban J connectivity index is 1.50. The van der Waals surface area contributed by atoms with Crippen molar-refractivity contribution in [3.8, 4) is 11.1 Å². The minimum absolute atomic E-state index is 0.239. The van der Waals surface area contributed by atoms with Crippen LogP contribution in [0.3, 0.4) is 0 Å². The highest BCUT2D eigenvalue weighted by Gasteiger charge is 2.22. The van der Waals surface area contributed by atoms with Crippen molar-refractivity contribution >= 4 is 33.2 Å². The van der Waals surface area contributed by atoms with Gasteiger partial charge < -0.3 is 16.0 Å². The molecule has 7 nitrogen and oxygen atoms in total. The Morgan fingerprint density at radius 3 is 1.97 bits per heavy atom. The van der Waals surface area contributed by atoms with Gasteiger partial charge >= 0.3 is 6.03 Å². The lowest BCUT2D eigenvalue weighted by molar-refractivity contribution is -0.117. The van der Waals surface area contributed by atoms with Gasteiger partial charge in [0.15, 0.2) is 9.84 Å². The number of benzene rings is 4. The van der Waals surface area contributed by atoms with E-state index in [-0.39, 0.29) is 10.8 Å². The summed E-state index contributed by atoms with van der Waals surface area (Å²) in [5.74, 6) is -0.378. The normalized spacial score (nSPS) is 11.8. The number of hydrogen-bond donors (Lipinski definition) is 3. The number of urea groups is 1. The Hall–Kier alpha value is -4.43. The molecule has 0 aromatic heterocycles. The molecule has 0 saturated carbocycles. The van der Waals surface area contributed by atoms with Crippen LogP contribution in [0.15, 0.2) is 108 Å². The number of carbonyl (C=O) groups is 2. The molecule has 4 aromatic carbocycles. The third kappa shape index (κ3) is 7.08. The maximum absolute atomic E-state index is 13.3. The van der Waals surface area contributed by atoms with Crippen LogP contribution in [0.4, 0.5) is 16.2 Å². The number of amides is 3. The van der Waals surface area contributed by atoms with E-state index in [1.807, 2.05) is 49.4 Å². The van der Waals surface area contributed by atoms with Crippen LogP contribution in [0.2, 0.25) is 0 Å². The topological polar surface area (TPSA) is 104 Å². The molecule has 1 atom stereocenters. The quantitative estimate of drug-likeness (QED) is 0.284. The molecule has 0 saturated heterocycles. The molecular formula is C30H29N3O4S. The zero-order valence-electron chi connectivity index (χ0n) is 21.1. The predicted octanol–water partition coefficient (Wildman–Crippen LogP) is 5.44. The van der Waals surface area contributed by atoms with Crippen LogP contribution in [0.25, 0.3) is 11.1 Å². The molecule has 0 fully saturated rings. The van der Waals surface area contributed by atoms with E-state index in [1.165, 1.54) is 6.26 Å². The van der Waals surface area contributed by atoms with Crippen molar-refractivity contribution in [1.29, 1.82) is 0 Å². The van der Waals surface area contributed by atoms with Crippen molar-refractivity contribution in [3.63, 3.8) is 0 Å². The van der Waals surface area contributed by atoms with E-state index in [9.17, 15) is 18.0 Å². The molecule has 0 bridgehead atoms. The molecule has 0 heterocycles. The molecule has 8 heteroatoms. The summed E-state index contributed by atoms with van der Waals surface area (Å²) in [6.07, 6.45) is 1.48. The lowest BCUT2D eigenvalue weighted by Gasteiger charge is -2.19. The minimum Gasteiger partial charge on any atom is -0.326 e. The highest BCUT2D eigenvalue weighted by molar-refractivity contribution is 7.90. The van der Waals surface area contributed by atoms with E-state index in [2.05, 4.69) is 16.0 Å². The average molecular weight is 528 g/mol. The van der Waals surface area contributed by atoms with Crippen molar-refractivity contribution in [1.82, 2.24) is 5.32 Å². The molecule has 3 amide bonds. The Morgan fingerprint density at radius 2 is 1.32 bits per heavy atom. The zero-order valence-corrected chi connectivity index (χ0v) is 22.0. The van der Waals surface area contributed by atoms with E-state index in [1.54, 1.807) is 60.7 Å². The fourth-order valence-corrected chi connectivity index (χ4v) is 4.92. The molecule has 0 radical (unpaired) electrons. The van der Waals surface area contributed by atoms with Crippen molar-refractivity contribution in [2.24, 2.45) is 0 Å². The summed E-state index contributed by atoms with van der Waals surface area (Å²) in [4.78, 5) is 26.2. The molecule has 38 heavy (non-hydrogen) atoms. The fraction of sp³-hybridized carbons (Fsp3) is 0.133. The lowest BCUT2D eigenvalue weighted by Crippen LogP contribution is -2.46. The van der Waals surface area contributed by atoms with Gasteiger partial charge in [-0.25, -0.2) is 13.2 Å². The second-order valence-corrected chi connectivity index (χ2v) is 11.0. The molecular weight excluding hydrogens is 498 g/mol. The van der Waals surface area contributed by atoms with Crippen molar-refractivity contribution < 1.29 is 18.0 Å². The predicted molar refractivity (Wildman–Crippen MR) is 151 cm³/mol. The molecule has 194 valence electrons. The first-order valence-electron chi connectivity index (χ1n) is 12.1. The molecule has 4 aromatic rings. The van der Waals surface area contributed by atoms with Crippen molar-refractivity contribution in [3.05, 3.63) is 114 Å². The van der Waals surface area contributed by atoms with E-state index >= 15 is 0 Å². The maximum Gasteiger partial charge on any atom is 0.319 e. The van der Waals surface area contributed by atoms with Gasteiger partial charge in [0.25, 0.3) is 0 Å². The second-order valence-electron chi connectivity index (χ2n) is 9.04. The number of carbonyl (C=O) groups excluding carboxylic acids is 2. The first kappa shape index (κ1) is 26.6. The second kappa shape index (κ2) is 11.7. The number of sulfone groups is 1. The highest BCUT2D eigenvalue weighted by Crippen LogP contribution is 2.28. The van der Waals surface area contributed by atoms with E-state index in [0.29, 0.717) is 28.9 Å². The van der Waals surface area contributed by atoms with Gasteiger partial charge in [0, 0.05) is 29.6 Å². The van der Waals surface area contributed by atoms with E-state index in [4.69, 9.17) is 0 Å².